The van der Waals surface area contributed by atoms with Crippen LogP contribution in [0, 0.1) is 18.6 Å². The van der Waals surface area contributed by atoms with Gasteiger partial charge in [0.05, 0.1) is 4.70 Å². The number of carbonyl (C=O) groups is 1. The maximum atomic E-state index is 13.6. The van der Waals surface area contributed by atoms with Gasteiger partial charge in [-0.1, -0.05) is 29.0 Å². The summed E-state index contributed by atoms with van der Waals surface area (Å²) in [6, 6.07) is 9.20. The van der Waals surface area contributed by atoms with E-state index in [1.54, 1.807) is 12.1 Å². The molecular weight excluding hydrogens is 322 g/mol. The second-order valence-electron chi connectivity index (χ2n) is 4.90. The molecule has 0 bridgehead atoms. The molecule has 0 aliphatic carbocycles. The molecule has 0 spiro atoms. The summed E-state index contributed by atoms with van der Waals surface area (Å²) in [5, 5.41) is 2.71. The van der Waals surface area contributed by atoms with Gasteiger partial charge in [-0.05, 0) is 25.1 Å². The number of nitrogens with one attached hydrogen (secondary N) is 1. The van der Waals surface area contributed by atoms with E-state index in [0.29, 0.717) is 10.4 Å². The molecule has 0 saturated heterocycles. The van der Waals surface area contributed by atoms with Crippen LogP contribution >= 0.6 is 11.3 Å². The minimum atomic E-state index is -0.757. The van der Waals surface area contributed by atoms with Crippen molar-refractivity contribution in [3.05, 3.63) is 53.6 Å². The van der Waals surface area contributed by atoms with Crippen molar-refractivity contribution in [3.63, 3.8) is 0 Å². The van der Waals surface area contributed by atoms with Gasteiger partial charge in [0.1, 0.15) is 17.1 Å². The van der Waals surface area contributed by atoms with Crippen molar-refractivity contribution in [2.45, 2.75) is 6.92 Å². The van der Waals surface area contributed by atoms with Gasteiger partial charge in [0, 0.05) is 6.07 Å². The molecular formula is C16H12F2N2O2S. The fourth-order valence-electron chi connectivity index (χ4n) is 1.95. The molecule has 1 N–H and O–H groups in total. The molecule has 3 rings (SSSR count). The van der Waals surface area contributed by atoms with Crippen LogP contribution in [0.4, 0.5) is 13.9 Å². The zero-order chi connectivity index (χ0) is 16.4. The highest BCUT2D eigenvalue weighted by molar-refractivity contribution is 7.22. The van der Waals surface area contributed by atoms with Crippen LogP contribution in [0.25, 0.3) is 10.2 Å². The maximum Gasteiger partial charge on any atom is 0.264 e. The Bertz CT molecular complexity index is 862. The number of anilines is 1. The van der Waals surface area contributed by atoms with Gasteiger partial charge in [-0.25, -0.2) is 13.8 Å². The Morgan fingerprint density at radius 3 is 2.74 bits per heavy atom. The number of hydrogen-bond acceptors (Lipinski definition) is 4. The monoisotopic (exact) mass is 334 g/mol. The topological polar surface area (TPSA) is 51.2 Å². The Kier molecular flexibility index (Phi) is 4.20. The lowest BCUT2D eigenvalue weighted by Crippen LogP contribution is -2.19. The summed E-state index contributed by atoms with van der Waals surface area (Å²) in [5.41, 5.74) is 1.12. The second-order valence-corrected chi connectivity index (χ2v) is 5.93. The van der Waals surface area contributed by atoms with Crippen molar-refractivity contribution in [1.29, 1.82) is 0 Å². The van der Waals surface area contributed by atoms with E-state index in [2.05, 4.69) is 10.3 Å². The van der Waals surface area contributed by atoms with E-state index in [9.17, 15) is 13.6 Å². The van der Waals surface area contributed by atoms with Gasteiger partial charge in [-0.15, -0.1) is 0 Å². The van der Waals surface area contributed by atoms with Crippen molar-refractivity contribution >= 4 is 32.6 Å². The maximum absolute atomic E-state index is 13.6. The van der Waals surface area contributed by atoms with Gasteiger partial charge in [-0.3, -0.25) is 10.1 Å². The van der Waals surface area contributed by atoms with Gasteiger partial charge in [-0.2, -0.15) is 0 Å². The fourth-order valence-corrected chi connectivity index (χ4v) is 2.87. The van der Waals surface area contributed by atoms with Gasteiger partial charge in [0.25, 0.3) is 5.91 Å². The molecule has 0 radical (unpaired) electrons. The molecule has 0 fully saturated rings. The predicted molar refractivity (Wildman–Crippen MR) is 84.8 cm³/mol. The van der Waals surface area contributed by atoms with Crippen LogP contribution in [-0.4, -0.2) is 17.5 Å². The molecule has 2 aromatic carbocycles. The predicted octanol–water partition coefficient (Wildman–Crippen LogP) is 3.90. The van der Waals surface area contributed by atoms with Crippen LogP contribution in [0.3, 0.4) is 0 Å². The Balaban J connectivity index is 1.65. The highest BCUT2D eigenvalue weighted by Gasteiger charge is 2.12. The number of carbonyl (C=O) groups excluding carboxylic acids is 1. The van der Waals surface area contributed by atoms with Crippen LogP contribution < -0.4 is 10.1 Å². The summed E-state index contributed by atoms with van der Waals surface area (Å²) in [6.45, 7) is 1.75. The van der Waals surface area contributed by atoms with E-state index in [4.69, 9.17) is 4.74 Å². The quantitative estimate of drug-likeness (QED) is 0.787. The molecule has 7 heteroatoms. The number of amides is 1. The lowest BCUT2D eigenvalue weighted by atomic mass is 10.2. The van der Waals surface area contributed by atoms with E-state index in [1.807, 2.05) is 19.1 Å². The normalized spacial score (nSPS) is 10.7. The SMILES string of the molecule is Cc1ccc(OCC(=O)Nc2nc3c(F)cc(F)cc3s2)cc1. The highest BCUT2D eigenvalue weighted by Crippen LogP contribution is 2.28. The molecule has 0 aliphatic rings. The summed E-state index contributed by atoms with van der Waals surface area (Å²) in [5.74, 6) is -1.29. The second kappa shape index (κ2) is 6.29. The van der Waals surface area contributed by atoms with Crippen LogP contribution in [0.2, 0.25) is 0 Å². The lowest BCUT2D eigenvalue weighted by molar-refractivity contribution is -0.118. The number of aryl methyl sites for hydroxylation is 1. The van der Waals surface area contributed by atoms with Crippen LogP contribution in [0.15, 0.2) is 36.4 Å². The Morgan fingerprint density at radius 2 is 2.00 bits per heavy atom. The molecule has 0 atom stereocenters. The summed E-state index contributed by atoms with van der Waals surface area (Å²) >= 11 is 0.999. The summed E-state index contributed by atoms with van der Waals surface area (Å²) in [4.78, 5) is 15.8. The fraction of sp³-hybridized carbons (Fsp3) is 0.125. The number of benzene rings is 2. The number of hydrogen-bond donors (Lipinski definition) is 1. The molecule has 0 aliphatic heterocycles. The third-order valence-electron chi connectivity index (χ3n) is 3.05. The number of aromatic nitrogens is 1. The number of halogens is 2. The van der Waals surface area contributed by atoms with E-state index in [1.165, 1.54) is 6.07 Å². The number of ether oxygens (including phenoxy) is 1. The average molecular weight is 334 g/mol. The largest absolute Gasteiger partial charge is 0.484 e. The smallest absolute Gasteiger partial charge is 0.264 e. The Labute approximate surface area is 134 Å². The zero-order valence-electron chi connectivity index (χ0n) is 12.1. The molecule has 1 amide bonds. The van der Waals surface area contributed by atoms with E-state index in [-0.39, 0.29) is 17.3 Å². The van der Waals surface area contributed by atoms with Crippen LogP contribution in [-0.2, 0) is 4.79 Å². The first-order valence-corrected chi connectivity index (χ1v) is 7.58. The van der Waals surface area contributed by atoms with Crippen molar-refractivity contribution in [2.24, 2.45) is 0 Å². The third kappa shape index (κ3) is 3.62. The minimum absolute atomic E-state index is 0.0335. The Morgan fingerprint density at radius 1 is 1.26 bits per heavy atom. The first-order chi connectivity index (χ1) is 11.0. The van der Waals surface area contributed by atoms with Gasteiger partial charge < -0.3 is 4.74 Å². The van der Waals surface area contributed by atoms with Crippen LogP contribution in [0.5, 0.6) is 5.75 Å². The first-order valence-electron chi connectivity index (χ1n) is 6.76. The zero-order valence-corrected chi connectivity index (χ0v) is 12.9. The van der Waals surface area contributed by atoms with E-state index in [0.717, 1.165) is 23.0 Å². The highest BCUT2D eigenvalue weighted by atomic mass is 32.1. The van der Waals surface area contributed by atoms with E-state index >= 15 is 0 Å². The molecule has 3 aromatic rings. The molecule has 0 unspecified atom stereocenters. The first kappa shape index (κ1) is 15.4. The van der Waals surface area contributed by atoms with Crippen molar-refractivity contribution in [2.75, 3.05) is 11.9 Å². The lowest BCUT2D eigenvalue weighted by Gasteiger charge is -2.05. The molecule has 23 heavy (non-hydrogen) atoms. The van der Waals surface area contributed by atoms with Gasteiger partial charge >= 0.3 is 0 Å². The number of fused-ring (bicyclic) bond motifs is 1. The molecule has 118 valence electrons. The number of nitrogens with zero attached hydrogens (tertiary/aromatic N) is 1. The van der Waals surface area contributed by atoms with Gasteiger partial charge in [0.15, 0.2) is 17.6 Å². The number of rotatable bonds is 4. The summed E-state index contributed by atoms with van der Waals surface area (Å²) in [6.07, 6.45) is 0. The minimum Gasteiger partial charge on any atom is -0.484 e. The standard InChI is InChI=1S/C16H12F2N2O2S/c1-9-2-4-11(5-3-9)22-8-14(21)19-16-20-15-12(18)6-10(17)7-13(15)23-16/h2-7H,8H2,1H3,(H,19,20,21). The Hall–Kier alpha value is -2.54. The van der Waals surface area contributed by atoms with Gasteiger partial charge in [0.2, 0.25) is 0 Å². The van der Waals surface area contributed by atoms with Crippen molar-refractivity contribution in [3.8, 4) is 5.75 Å². The third-order valence-corrected chi connectivity index (χ3v) is 3.97. The molecule has 4 nitrogen and oxygen atoms in total. The van der Waals surface area contributed by atoms with E-state index < -0.39 is 17.5 Å². The van der Waals surface area contributed by atoms with Crippen molar-refractivity contribution < 1.29 is 18.3 Å². The molecule has 1 heterocycles. The average Bonchev–Trinajstić information content (AvgIpc) is 2.89. The molecule has 0 saturated carbocycles. The number of thiazole rings is 1. The van der Waals surface area contributed by atoms with Crippen molar-refractivity contribution in [1.82, 2.24) is 4.98 Å². The summed E-state index contributed by atoms with van der Waals surface area (Å²) in [7, 11) is 0. The summed E-state index contributed by atoms with van der Waals surface area (Å²) < 4.78 is 32.4. The van der Waals surface area contributed by atoms with Crippen LogP contribution in [0.1, 0.15) is 5.56 Å². The molecule has 1 aromatic heterocycles.